The molecule has 4 N–H and O–H groups in total. The lowest BCUT2D eigenvalue weighted by molar-refractivity contribution is -0.136. The number of thiophene rings is 1. The van der Waals surface area contributed by atoms with Crippen molar-refractivity contribution in [2.24, 2.45) is 11.8 Å². The van der Waals surface area contributed by atoms with E-state index in [4.69, 9.17) is 36.8 Å². The summed E-state index contributed by atoms with van der Waals surface area (Å²) in [6.45, 7) is 7.98. The Labute approximate surface area is 330 Å². The number of aromatic nitrogens is 2. The summed E-state index contributed by atoms with van der Waals surface area (Å²) < 4.78 is 45.7. The van der Waals surface area contributed by atoms with Crippen LogP contribution < -0.4 is 25.4 Å². The van der Waals surface area contributed by atoms with Gasteiger partial charge < -0.3 is 30.1 Å². The Morgan fingerprint density at radius 2 is 2.05 bits per heavy atom. The van der Waals surface area contributed by atoms with Crippen LogP contribution in [0.5, 0.6) is 11.8 Å². The van der Waals surface area contributed by atoms with Gasteiger partial charge in [-0.15, -0.1) is 11.3 Å². The molecule has 2 aromatic carbocycles. The van der Waals surface area contributed by atoms with Crippen LogP contribution in [0.25, 0.3) is 32.1 Å². The smallest absolute Gasteiger partial charge is 0.319 e. The van der Waals surface area contributed by atoms with E-state index >= 15 is 8.78 Å². The molecule has 12 nitrogen and oxygen atoms in total. The van der Waals surface area contributed by atoms with Gasteiger partial charge in [-0.3, -0.25) is 15.0 Å². The summed E-state index contributed by atoms with van der Waals surface area (Å²) in [5, 5.41) is 24.2. The lowest BCUT2D eigenvalue weighted by atomic mass is 9.94. The van der Waals surface area contributed by atoms with Gasteiger partial charge in [0.2, 0.25) is 5.91 Å². The summed E-state index contributed by atoms with van der Waals surface area (Å²) in [6.07, 6.45) is 4.75. The number of nitrogens with two attached hydrogens (primary N) is 1. The Balaban J connectivity index is 1.09. The van der Waals surface area contributed by atoms with Crippen LogP contribution in [0.2, 0.25) is 5.02 Å². The molecule has 16 heteroatoms. The molecule has 5 fully saturated rings. The zero-order valence-electron chi connectivity index (χ0n) is 30.6. The Hall–Kier alpha value is -4.33. The number of carbonyl (C=O) groups excluding carboxylic acids is 1. The summed E-state index contributed by atoms with van der Waals surface area (Å²) in [5.74, 6) is -0.143. The van der Waals surface area contributed by atoms with Crippen molar-refractivity contribution in [3.63, 3.8) is 0 Å². The van der Waals surface area contributed by atoms with Gasteiger partial charge in [0.25, 0.3) is 0 Å². The summed E-state index contributed by atoms with van der Waals surface area (Å²) in [7, 11) is 0. The summed E-state index contributed by atoms with van der Waals surface area (Å²) in [4.78, 5) is 29.2. The van der Waals surface area contributed by atoms with Crippen LogP contribution in [-0.4, -0.2) is 107 Å². The number of nitriles is 1. The Kier molecular flexibility index (Phi) is 8.61. The fraction of sp³-hybridized carbons (Fsp3) is 0.500. The summed E-state index contributed by atoms with van der Waals surface area (Å²) in [6, 6.07) is 4.80. The first-order valence-corrected chi connectivity index (χ1v) is 20.5. The number of nitrogens with zero attached hydrogens (tertiary/aromatic N) is 6. The van der Waals surface area contributed by atoms with Crippen LogP contribution in [0.4, 0.5) is 19.6 Å². The monoisotopic (exact) mass is 802 g/mol. The van der Waals surface area contributed by atoms with Crippen molar-refractivity contribution in [3.05, 3.63) is 46.5 Å². The molecule has 10 rings (SSSR count). The lowest BCUT2D eigenvalue weighted by Crippen LogP contribution is -2.56. The topological polar surface area (TPSA) is 163 Å². The van der Waals surface area contributed by atoms with Gasteiger partial charge in [-0.2, -0.15) is 15.2 Å². The van der Waals surface area contributed by atoms with Gasteiger partial charge in [-0.05, 0) is 56.2 Å². The van der Waals surface area contributed by atoms with Crippen LogP contribution in [0.15, 0.2) is 24.3 Å². The minimum absolute atomic E-state index is 0.0116. The van der Waals surface area contributed by atoms with E-state index in [9.17, 15) is 15.2 Å². The number of nitrogen functional groups attached to an aromatic ring is 1. The predicted octanol–water partition coefficient (Wildman–Crippen LogP) is 5.23. The number of amides is 1. The number of aliphatic hydroxyl groups is 1. The first-order chi connectivity index (χ1) is 27.1. The van der Waals surface area contributed by atoms with Crippen molar-refractivity contribution in [2.75, 3.05) is 63.1 Å². The number of fused-ring (bicyclic) bond motifs is 2. The zero-order valence-corrected chi connectivity index (χ0v) is 32.2. The highest BCUT2D eigenvalue weighted by Crippen LogP contribution is 2.51. The van der Waals surface area contributed by atoms with E-state index in [1.54, 1.807) is 0 Å². The number of likely N-dealkylation sites (tertiary alicyclic amines) is 1. The second kappa shape index (κ2) is 13.4. The van der Waals surface area contributed by atoms with Gasteiger partial charge in [0.05, 0.1) is 32.8 Å². The number of ether oxygens (including phenoxy) is 2. The lowest BCUT2D eigenvalue weighted by Gasteiger charge is -2.42. The van der Waals surface area contributed by atoms with Crippen molar-refractivity contribution < 1.29 is 28.2 Å². The average Bonchev–Trinajstić information content (AvgIpc) is 4.06. The maximum absolute atomic E-state index is 17.6. The molecule has 56 heavy (non-hydrogen) atoms. The molecular formula is C40H41ClF2N8O4S. The van der Waals surface area contributed by atoms with Gasteiger partial charge in [-0.1, -0.05) is 29.8 Å². The molecule has 5 aliphatic heterocycles. The standard InChI is InChI=1S/C40H41ClF2N8O4S/c1-19-11-40(8-2-9-51(40)13-19)18-54-39-47-32-28-34(29(41)27(30(32)43)23-5-6-25(42)35-26(23)24(12-44)36(45)56-35)55-22(17-52)7-10-49(37(28)48-39)14-20-15-50(16-20)38(53)33-31(46-33)21-3-4-21/h5-6,20-22,31,33,46,52H,1-4,7-11,13-18,45H2/t22?,31-,33+,40-/m0/s1. The average molecular weight is 803 g/mol. The third kappa shape index (κ3) is 5.78. The number of benzene rings is 2. The largest absolute Gasteiger partial charge is 0.486 e. The molecular weight excluding hydrogens is 762 g/mol. The molecule has 2 aromatic heterocycles. The van der Waals surface area contributed by atoms with Crippen molar-refractivity contribution >= 4 is 60.7 Å². The van der Waals surface area contributed by atoms with Crippen LogP contribution in [0.3, 0.4) is 0 Å². The van der Waals surface area contributed by atoms with E-state index in [-0.39, 0.29) is 96.1 Å². The molecule has 0 spiro atoms. The van der Waals surface area contributed by atoms with Crippen molar-refractivity contribution in [3.8, 4) is 29.0 Å². The van der Waals surface area contributed by atoms with E-state index in [1.807, 2.05) is 9.80 Å². The molecule has 1 amide bonds. The highest BCUT2D eigenvalue weighted by atomic mass is 35.5. The number of aliphatic hydroxyl groups excluding tert-OH is 1. The van der Waals surface area contributed by atoms with Gasteiger partial charge in [0.15, 0.2) is 11.6 Å². The SMILES string of the molecule is C=C1CN2CCC[C@@]2(COc2nc3c4c(c(Cl)c(-c5ccc(F)c6sc(N)c(C#N)c56)c(F)c4n2)OC(CO)CCN3CC2CN(C(=O)[C@@H]3N[C@H]3C3CC3)C2)C1. The first-order valence-electron chi connectivity index (χ1n) is 19.3. The minimum Gasteiger partial charge on any atom is -0.486 e. The second-order valence-electron chi connectivity index (χ2n) is 16.4. The molecule has 7 heterocycles. The second-order valence-corrected chi connectivity index (χ2v) is 17.8. The van der Waals surface area contributed by atoms with Crippen molar-refractivity contribution in [1.82, 2.24) is 25.1 Å². The third-order valence-corrected chi connectivity index (χ3v) is 14.0. The van der Waals surface area contributed by atoms with E-state index in [0.717, 1.165) is 49.3 Å². The minimum atomic E-state index is -0.828. The molecule has 1 unspecified atom stereocenters. The number of rotatable bonds is 9. The van der Waals surface area contributed by atoms with Crippen LogP contribution >= 0.6 is 22.9 Å². The zero-order chi connectivity index (χ0) is 38.6. The predicted molar refractivity (Wildman–Crippen MR) is 209 cm³/mol. The molecule has 1 aliphatic carbocycles. The molecule has 0 bridgehead atoms. The van der Waals surface area contributed by atoms with Crippen LogP contribution in [0.1, 0.15) is 44.1 Å². The van der Waals surface area contributed by atoms with Crippen LogP contribution in [-0.2, 0) is 4.79 Å². The van der Waals surface area contributed by atoms with E-state index in [0.29, 0.717) is 50.4 Å². The van der Waals surface area contributed by atoms with Gasteiger partial charge in [0, 0.05) is 62.1 Å². The molecule has 292 valence electrons. The maximum atomic E-state index is 17.6. The number of nitrogens with one attached hydrogen (secondary N) is 1. The number of carbonyl (C=O) groups is 1. The molecule has 1 saturated carbocycles. The number of halogens is 3. The van der Waals surface area contributed by atoms with Crippen LogP contribution in [0, 0.1) is 34.8 Å². The fourth-order valence-electron chi connectivity index (χ4n) is 9.58. The van der Waals surface area contributed by atoms with Crippen molar-refractivity contribution in [1.29, 1.82) is 5.26 Å². The normalized spacial score (nSPS) is 26.2. The van der Waals surface area contributed by atoms with Gasteiger partial charge in [0.1, 0.15) is 47.0 Å². The summed E-state index contributed by atoms with van der Waals surface area (Å²) >= 11 is 8.08. The highest BCUT2D eigenvalue weighted by Gasteiger charge is 2.53. The Morgan fingerprint density at radius 1 is 1.23 bits per heavy atom. The quantitative estimate of drug-likeness (QED) is 0.150. The number of anilines is 2. The highest BCUT2D eigenvalue weighted by molar-refractivity contribution is 7.23. The Bertz CT molecular complexity index is 2380. The number of hydrogen-bond donors (Lipinski definition) is 3. The van der Waals surface area contributed by atoms with E-state index < -0.39 is 17.7 Å². The summed E-state index contributed by atoms with van der Waals surface area (Å²) in [5.41, 5.74) is 6.93. The molecule has 6 aliphatic rings. The Morgan fingerprint density at radius 3 is 2.82 bits per heavy atom. The van der Waals surface area contributed by atoms with E-state index in [1.165, 1.54) is 25.0 Å². The van der Waals surface area contributed by atoms with E-state index in [2.05, 4.69) is 22.9 Å². The fourth-order valence-corrected chi connectivity index (χ4v) is 10.9. The molecule has 4 atom stereocenters. The third-order valence-electron chi connectivity index (χ3n) is 12.6. The molecule has 4 saturated heterocycles. The number of hydrogen-bond acceptors (Lipinski definition) is 12. The molecule has 0 radical (unpaired) electrons. The maximum Gasteiger partial charge on any atom is 0.319 e. The molecule has 4 aromatic rings. The van der Waals surface area contributed by atoms with Gasteiger partial charge in [-0.25, -0.2) is 8.78 Å². The van der Waals surface area contributed by atoms with Crippen molar-refractivity contribution in [2.45, 2.75) is 62.3 Å². The first kappa shape index (κ1) is 36.0. The van der Waals surface area contributed by atoms with Gasteiger partial charge >= 0.3 is 6.01 Å².